The molecule has 0 saturated carbocycles. The van der Waals surface area contributed by atoms with Gasteiger partial charge in [0.25, 0.3) is 5.91 Å². The van der Waals surface area contributed by atoms with Crippen LogP contribution >= 0.6 is 11.8 Å². The first-order chi connectivity index (χ1) is 11.6. The van der Waals surface area contributed by atoms with Gasteiger partial charge in [0, 0.05) is 5.75 Å². The lowest BCUT2D eigenvalue weighted by molar-refractivity contribution is 0.0995. The van der Waals surface area contributed by atoms with Gasteiger partial charge in [0.15, 0.2) is 5.69 Å². The lowest BCUT2D eigenvalue weighted by Crippen LogP contribution is -2.15. The molecule has 3 aromatic rings. The van der Waals surface area contributed by atoms with Gasteiger partial charge in [0.2, 0.25) is 0 Å². The first kappa shape index (κ1) is 16.2. The number of aromatic nitrogens is 6. The van der Waals surface area contributed by atoms with Crippen molar-refractivity contribution in [1.29, 1.82) is 0 Å². The molecular weight excluding hydrogens is 326 g/mol. The lowest BCUT2D eigenvalue weighted by atomic mass is 10.3. The van der Waals surface area contributed by atoms with E-state index in [1.807, 2.05) is 43.5 Å². The number of amides is 1. The smallest absolute Gasteiger partial charge is 0.271 e. The second-order valence-electron chi connectivity index (χ2n) is 5.20. The molecule has 9 heteroatoms. The quantitative estimate of drug-likeness (QED) is 0.720. The number of aryl methyl sites for hydroxylation is 1. The molecule has 24 heavy (non-hydrogen) atoms. The fourth-order valence-electron chi connectivity index (χ4n) is 2.30. The summed E-state index contributed by atoms with van der Waals surface area (Å²) < 4.78 is 1.66. The highest BCUT2D eigenvalue weighted by Crippen LogP contribution is 2.15. The zero-order valence-corrected chi connectivity index (χ0v) is 14.2. The highest BCUT2D eigenvalue weighted by Gasteiger charge is 2.19. The first-order valence-electron chi connectivity index (χ1n) is 7.29. The number of thioether (sulfide) groups is 1. The normalized spacial score (nSPS) is 10.9. The Balaban J connectivity index is 1.92. The Hall–Kier alpha value is -2.68. The number of hydrogen-bond donors (Lipinski definition) is 1. The van der Waals surface area contributed by atoms with Crippen LogP contribution < -0.4 is 5.73 Å². The van der Waals surface area contributed by atoms with E-state index in [-0.39, 0.29) is 5.69 Å². The van der Waals surface area contributed by atoms with Crippen molar-refractivity contribution in [3.8, 4) is 5.69 Å². The minimum absolute atomic E-state index is 0.206. The zero-order chi connectivity index (χ0) is 17.1. The Morgan fingerprint density at radius 1 is 1.25 bits per heavy atom. The van der Waals surface area contributed by atoms with Gasteiger partial charge >= 0.3 is 0 Å². The third-order valence-electron chi connectivity index (χ3n) is 3.52. The van der Waals surface area contributed by atoms with E-state index in [4.69, 9.17) is 5.73 Å². The van der Waals surface area contributed by atoms with Crippen molar-refractivity contribution in [3.05, 3.63) is 53.1 Å². The molecule has 0 aliphatic heterocycles. The number of benzene rings is 1. The van der Waals surface area contributed by atoms with E-state index in [9.17, 15) is 4.79 Å². The molecule has 0 saturated heterocycles. The largest absolute Gasteiger partial charge is 0.364 e. The van der Waals surface area contributed by atoms with Gasteiger partial charge in [-0.3, -0.25) is 4.79 Å². The molecule has 0 spiro atoms. The molecule has 2 heterocycles. The molecule has 124 valence electrons. The predicted molar refractivity (Wildman–Crippen MR) is 91.0 cm³/mol. The summed E-state index contributed by atoms with van der Waals surface area (Å²) in [5.74, 6) is 0.0203. The number of rotatable bonds is 6. The van der Waals surface area contributed by atoms with E-state index in [1.165, 1.54) is 0 Å². The number of primary amides is 1. The maximum absolute atomic E-state index is 11.5. The minimum atomic E-state index is -0.574. The molecule has 0 aliphatic rings. The number of nitrogens with zero attached hydrogens (tertiary/aromatic N) is 6. The second-order valence-corrected chi connectivity index (χ2v) is 6.06. The highest BCUT2D eigenvalue weighted by molar-refractivity contribution is 7.97. The van der Waals surface area contributed by atoms with Crippen LogP contribution in [0.25, 0.3) is 5.69 Å². The van der Waals surface area contributed by atoms with E-state index in [2.05, 4.69) is 20.5 Å². The standard InChI is InChI=1S/C15H17N7OS/c1-10-12(19-22(18-10)11-6-4-3-5-7-11)8-21-13(9-24-2)14(15(16)23)17-20-21/h3-7H,8-9H2,1-2H3,(H2,16,23). The highest BCUT2D eigenvalue weighted by atomic mass is 32.2. The van der Waals surface area contributed by atoms with Gasteiger partial charge in [-0.05, 0) is 25.3 Å². The molecule has 0 fully saturated rings. The predicted octanol–water partition coefficient (Wildman–Crippen LogP) is 1.18. The van der Waals surface area contributed by atoms with Crippen LogP contribution in [-0.4, -0.2) is 42.2 Å². The van der Waals surface area contributed by atoms with Crippen molar-refractivity contribution in [2.45, 2.75) is 19.2 Å². The van der Waals surface area contributed by atoms with Crippen molar-refractivity contribution in [1.82, 2.24) is 30.0 Å². The minimum Gasteiger partial charge on any atom is -0.364 e. The molecule has 0 radical (unpaired) electrons. The van der Waals surface area contributed by atoms with Gasteiger partial charge in [-0.1, -0.05) is 23.4 Å². The van der Waals surface area contributed by atoms with Gasteiger partial charge in [0.05, 0.1) is 23.6 Å². The lowest BCUT2D eigenvalue weighted by Gasteiger charge is -2.04. The Morgan fingerprint density at radius 3 is 2.67 bits per heavy atom. The molecule has 2 N–H and O–H groups in total. The zero-order valence-electron chi connectivity index (χ0n) is 13.4. The van der Waals surface area contributed by atoms with Gasteiger partial charge in [-0.15, -0.1) is 5.10 Å². The third kappa shape index (κ3) is 3.16. The topological polar surface area (TPSA) is 105 Å². The fraction of sp³-hybridized carbons (Fsp3) is 0.267. The van der Waals surface area contributed by atoms with Crippen LogP contribution in [0.5, 0.6) is 0 Å². The van der Waals surface area contributed by atoms with E-state index in [0.29, 0.717) is 18.0 Å². The van der Waals surface area contributed by atoms with E-state index < -0.39 is 5.91 Å². The van der Waals surface area contributed by atoms with Gasteiger partial charge in [-0.25, -0.2) is 4.68 Å². The maximum atomic E-state index is 11.5. The third-order valence-corrected chi connectivity index (χ3v) is 4.08. The van der Waals surface area contributed by atoms with Crippen LogP contribution in [-0.2, 0) is 12.3 Å². The van der Waals surface area contributed by atoms with Crippen LogP contribution in [0.2, 0.25) is 0 Å². The van der Waals surface area contributed by atoms with E-state index in [1.54, 1.807) is 21.2 Å². The summed E-state index contributed by atoms with van der Waals surface area (Å²) in [5.41, 5.74) is 8.71. The van der Waals surface area contributed by atoms with Gasteiger partial charge in [0.1, 0.15) is 5.69 Å². The average Bonchev–Trinajstić information content (AvgIpc) is 3.14. The van der Waals surface area contributed by atoms with Crippen LogP contribution in [0.3, 0.4) is 0 Å². The summed E-state index contributed by atoms with van der Waals surface area (Å²) in [6.07, 6.45) is 1.94. The van der Waals surface area contributed by atoms with Crippen LogP contribution in [0.15, 0.2) is 30.3 Å². The monoisotopic (exact) mass is 343 g/mol. The Morgan fingerprint density at radius 2 is 2.00 bits per heavy atom. The molecule has 0 unspecified atom stereocenters. The van der Waals surface area contributed by atoms with E-state index in [0.717, 1.165) is 17.1 Å². The molecule has 1 amide bonds. The molecular formula is C15H17N7OS. The molecule has 1 aromatic carbocycles. The Bertz CT molecular complexity index is 856. The van der Waals surface area contributed by atoms with Crippen molar-refractivity contribution >= 4 is 17.7 Å². The van der Waals surface area contributed by atoms with Crippen molar-refractivity contribution < 1.29 is 4.79 Å². The molecule has 0 atom stereocenters. The first-order valence-corrected chi connectivity index (χ1v) is 8.69. The van der Waals surface area contributed by atoms with Crippen molar-refractivity contribution in [3.63, 3.8) is 0 Å². The number of para-hydroxylation sites is 1. The van der Waals surface area contributed by atoms with Gasteiger partial charge in [-0.2, -0.15) is 26.8 Å². The average molecular weight is 343 g/mol. The second kappa shape index (κ2) is 6.83. The SMILES string of the molecule is CSCc1c(C(N)=O)nnn1Cc1nn(-c2ccccc2)nc1C. The van der Waals surface area contributed by atoms with Crippen molar-refractivity contribution in [2.75, 3.05) is 6.26 Å². The van der Waals surface area contributed by atoms with Crippen LogP contribution in [0.4, 0.5) is 0 Å². The summed E-state index contributed by atoms with van der Waals surface area (Å²) in [5, 5.41) is 16.9. The summed E-state index contributed by atoms with van der Waals surface area (Å²) in [6.45, 7) is 2.27. The summed E-state index contributed by atoms with van der Waals surface area (Å²) in [6, 6.07) is 9.67. The van der Waals surface area contributed by atoms with Gasteiger partial charge < -0.3 is 5.73 Å². The van der Waals surface area contributed by atoms with Crippen LogP contribution in [0, 0.1) is 6.92 Å². The van der Waals surface area contributed by atoms with Crippen LogP contribution in [0.1, 0.15) is 27.6 Å². The fourth-order valence-corrected chi connectivity index (χ4v) is 2.86. The summed E-state index contributed by atoms with van der Waals surface area (Å²) in [4.78, 5) is 13.1. The van der Waals surface area contributed by atoms with Crippen molar-refractivity contribution in [2.24, 2.45) is 5.73 Å². The number of nitrogens with two attached hydrogens (primary N) is 1. The summed E-state index contributed by atoms with van der Waals surface area (Å²) in [7, 11) is 0. The maximum Gasteiger partial charge on any atom is 0.271 e. The molecule has 0 aliphatic carbocycles. The Kier molecular flexibility index (Phi) is 4.61. The molecule has 2 aromatic heterocycles. The number of hydrogen-bond acceptors (Lipinski definition) is 6. The molecule has 3 rings (SSSR count). The summed E-state index contributed by atoms with van der Waals surface area (Å²) >= 11 is 1.57. The molecule has 0 bridgehead atoms. The molecule has 8 nitrogen and oxygen atoms in total. The van der Waals surface area contributed by atoms with E-state index >= 15 is 0 Å². The number of carbonyl (C=O) groups excluding carboxylic acids is 1. The number of carbonyl (C=O) groups is 1. The Labute approximate surface area is 143 Å².